The van der Waals surface area contributed by atoms with E-state index in [-0.39, 0.29) is 12.1 Å². The minimum atomic E-state index is -0.0313. The smallest absolute Gasteiger partial charge is 0.254 e. The summed E-state index contributed by atoms with van der Waals surface area (Å²) in [5.74, 6) is -0.0313. The molecule has 0 fully saturated rings. The van der Waals surface area contributed by atoms with Crippen LogP contribution >= 0.6 is 0 Å². The van der Waals surface area contributed by atoms with Crippen molar-refractivity contribution in [1.29, 1.82) is 0 Å². The Morgan fingerprint density at radius 2 is 2.03 bits per heavy atom. The number of fused-ring (bicyclic) bond motifs is 1. The zero-order chi connectivity index (χ0) is 26.1. The Balaban J connectivity index is 1.32. The molecular formula is C28H34N8O. The van der Waals surface area contributed by atoms with Crippen molar-refractivity contribution in [2.24, 2.45) is 12.1 Å². The number of hydrazone groups is 1. The Labute approximate surface area is 217 Å². The van der Waals surface area contributed by atoms with Gasteiger partial charge in [-0.1, -0.05) is 6.08 Å². The van der Waals surface area contributed by atoms with Gasteiger partial charge in [0, 0.05) is 76.9 Å². The van der Waals surface area contributed by atoms with Crippen LogP contribution in [0.1, 0.15) is 33.7 Å². The summed E-state index contributed by atoms with van der Waals surface area (Å²) in [6, 6.07) is 8.11. The summed E-state index contributed by atoms with van der Waals surface area (Å²) in [6.45, 7) is 2.63. The number of aromatic nitrogens is 3. The van der Waals surface area contributed by atoms with E-state index in [9.17, 15) is 4.79 Å². The summed E-state index contributed by atoms with van der Waals surface area (Å²) in [5.41, 5.74) is 7.00. The van der Waals surface area contributed by atoms with Crippen molar-refractivity contribution in [3.8, 4) is 0 Å². The number of carbonyl (C=O) groups excluding carboxylic acids is 1. The van der Waals surface area contributed by atoms with Gasteiger partial charge in [0.15, 0.2) is 0 Å². The molecule has 3 aromatic rings. The summed E-state index contributed by atoms with van der Waals surface area (Å²) in [7, 11) is 9.49. The first-order valence-corrected chi connectivity index (χ1v) is 12.6. The number of pyridine rings is 2. The number of hydrogen-bond acceptors (Lipinski definition) is 7. The van der Waals surface area contributed by atoms with Crippen LogP contribution in [0.5, 0.6) is 0 Å². The number of hydrogen-bond donors (Lipinski definition) is 1. The van der Waals surface area contributed by atoms with Crippen molar-refractivity contribution in [3.63, 3.8) is 0 Å². The number of rotatable bonds is 6. The van der Waals surface area contributed by atoms with Gasteiger partial charge in [-0.2, -0.15) is 5.10 Å². The molecule has 9 nitrogen and oxygen atoms in total. The predicted molar refractivity (Wildman–Crippen MR) is 147 cm³/mol. The lowest BCUT2D eigenvalue weighted by atomic mass is 10.0. The normalized spacial score (nSPS) is 18.2. The molecule has 5 rings (SSSR count). The molecule has 1 N–H and O–H groups in total. The van der Waals surface area contributed by atoms with Crippen LogP contribution in [0.2, 0.25) is 0 Å². The summed E-state index contributed by atoms with van der Waals surface area (Å²) in [5, 5.41) is 11.1. The van der Waals surface area contributed by atoms with Crippen LogP contribution < -0.4 is 5.32 Å². The second-order valence-electron chi connectivity index (χ2n) is 9.79. The van der Waals surface area contributed by atoms with Gasteiger partial charge < -0.3 is 9.47 Å². The Morgan fingerprint density at radius 3 is 2.68 bits per heavy atom. The van der Waals surface area contributed by atoms with E-state index in [1.165, 1.54) is 11.3 Å². The number of amides is 1. The first-order valence-electron chi connectivity index (χ1n) is 12.6. The lowest BCUT2D eigenvalue weighted by Gasteiger charge is -2.26. The molecule has 0 aromatic carbocycles. The molecule has 0 aliphatic carbocycles. The highest BCUT2D eigenvalue weighted by atomic mass is 16.2. The molecule has 2 aliphatic heterocycles. The van der Waals surface area contributed by atoms with Crippen molar-refractivity contribution in [2.75, 3.05) is 41.3 Å². The van der Waals surface area contributed by atoms with Crippen molar-refractivity contribution in [2.45, 2.75) is 19.1 Å². The zero-order valence-electron chi connectivity index (χ0n) is 22.1. The minimum absolute atomic E-state index is 0.0313. The molecule has 0 saturated heterocycles. The van der Waals surface area contributed by atoms with Gasteiger partial charge in [-0.15, -0.1) is 0 Å². The molecule has 37 heavy (non-hydrogen) atoms. The number of allylic oxidation sites excluding steroid dienone is 1. The molecule has 192 valence electrons. The van der Waals surface area contributed by atoms with Gasteiger partial charge in [0.1, 0.15) is 11.8 Å². The number of aryl methyl sites for hydroxylation is 1. The third-order valence-electron chi connectivity index (χ3n) is 7.13. The van der Waals surface area contributed by atoms with Crippen LogP contribution in [-0.2, 0) is 13.6 Å². The molecule has 1 atom stereocenters. The third-order valence-corrected chi connectivity index (χ3v) is 7.13. The van der Waals surface area contributed by atoms with Gasteiger partial charge in [0.05, 0.1) is 17.0 Å². The monoisotopic (exact) mass is 498 g/mol. The van der Waals surface area contributed by atoms with Crippen LogP contribution in [0.15, 0.2) is 60.0 Å². The molecule has 3 aromatic heterocycles. The molecule has 0 radical (unpaired) electrons. The average Bonchev–Trinajstić information content (AvgIpc) is 3.23. The SMILES string of the molecule is CNC1C=CC(c2ccnc3c2cc(CN2CC=C(c4ccc(C(=O)N(C)C)cn4)CC2)n3C)=NN1C. The number of likely N-dealkylation sites (N-methyl/N-ethyl adjacent to an activating group) is 2. The van der Waals surface area contributed by atoms with Gasteiger partial charge in [-0.05, 0) is 55.5 Å². The number of nitrogens with zero attached hydrogens (tertiary/aromatic N) is 7. The van der Waals surface area contributed by atoms with E-state index in [2.05, 4.69) is 56.1 Å². The van der Waals surface area contributed by atoms with E-state index < -0.39 is 0 Å². The fourth-order valence-electron chi connectivity index (χ4n) is 4.93. The highest BCUT2D eigenvalue weighted by molar-refractivity contribution is 6.16. The second kappa shape index (κ2) is 10.3. The fourth-order valence-corrected chi connectivity index (χ4v) is 4.93. The molecule has 1 unspecified atom stereocenters. The first-order chi connectivity index (χ1) is 17.9. The topological polar surface area (TPSA) is 81.9 Å². The first kappa shape index (κ1) is 24.9. The van der Waals surface area contributed by atoms with Crippen molar-refractivity contribution < 1.29 is 4.79 Å². The van der Waals surface area contributed by atoms with Crippen LogP contribution in [-0.4, -0.2) is 88.4 Å². The van der Waals surface area contributed by atoms with Crippen LogP contribution in [0.3, 0.4) is 0 Å². The van der Waals surface area contributed by atoms with Crippen molar-refractivity contribution in [1.82, 2.24) is 34.7 Å². The lowest BCUT2D eigenvalue weighted by Crippen LogP contribution is -2.39. The van der Waals surface area contributed by atoms with E-state index >= 15 is 0 Å². The van der Waals surface area contributed by atoms with E-state index in [4.69, 9.17) is 5.10 Å². The lowest BCUT2D eigenvalue weighted by molar-refractivity contribution is 0.0827. The quantitative estimate of drug-likeness (QED) is 0.563. The molecule has 0 spiro atoms. The average molecular weight is 499 g/mol. The van der Waals surface area contributed by atoms with Gasteiger partial charge in [0.2, 0.25) is 0 Å². The maximum atomic E-state index is 12.1. The van der Waals surface area contributed by atoms with Gasteiger partial charge in [0.25, 0.3) is 5.91 Å². The Bertz CT molecular complexity index is 1400. The van der Waals surface area contributed by atoms with Crippen LogP contribution in [0.25, 0.3) is 16.6 Å². The molecular weight excluding hydrogens is 464 g/mol. The molecule has 0 bridgehead atoms. The zero-order valence-corrected chi connectivity index (χ0v) is 22.1. The van der Waals surface area contributed by atoms with E-state index in [0.717, 1.165) is 54.1 Å². The standard InChI is InChI=1S/C28H34N8O/c1-29-26-9-8-25(32-35(26)5)22-10-13-30-27-23(22)16-21(34(27)4)18-36-14-11-19(12-15-36)24-7-6-20(17-31-24)28(37)33(2)3/h6-11,13,16-17,26,29H,12,14-15,18H2,1-5H3. The largest absolute Gasteiger partial charge is 0.345 e. The molecule has 5 heterocycles. The maximum Gasteiger partial charge on any atom is 0.254 e. The van der Waals surface area contributed by atoms with Gasteiger partial charge in [-0.3, -0.25) is 25.0 Å². The Kier molecular flexibility index (Phi) is 6.90. The third kappa shape index (κ3) is 4.92. The van der Waals surface area contributed by atoms with E-state index in [0.29, 0.717) is 5.56 Å². The van der Waals surface area contributed by atoms with Crippen LogP contribution in [0, 0.1) is 0 Å². The molecule has 0 saturated carbocycles. The van der Waals surface area contributed by atoms with E-state index in [1.54, 1.807) is 25.2 Å². The van der Waals surface area contributed by atoms with Gasteiger partial charge in [-0.25, -0.2) is 4.98 Å². The summed E-state index contributed by atoms with van der Waals surface area (Å²) >= 11 is 0. The Morgan fingerprint density at radius 1 is 1.19 bits per heavy atom. The van der Waals surface area contributed by atoms with E-state index in [1.807, 2.05) is 43.5 Å². The molecule has 9 heteroatoms. The highest BCUT2D eigenvalue weighted by Gasteiger charge is 2.20. The molecule has 2 aliphatic rings. The number of nitrogens with one attached hydrogen (secondary N) is 1. The predicted octanol–water partition coefficient (Wildman–Crippen LogP) is 2.71. The van der Waals surface area contributed by atoms with Crippen molar-refractivity contribution in [3.05, 3.63) is 77.4 Å². The minimum Gasteiger partial charge on any atom is -0.345 e. The fraction of sp³-hybridized carbons (Fsp3) is 0.357. The van der Waals surface area contributed by atoms with Gasteiger partial charge >= 0.3 is 0 Å². The summed E-state index contributed by atoms with van der Waals surface area (Å²) < 4.78 is 2.19. The second-order valence-corrected chi connectivity index (χ2v) is 9.79. The van der Waals surface area contributed by atoms with Crippen molar-refractivity contribution >= 4 is 28.2 Å². The molecule has 1 amide bonds. The number of carbonyl (C=O) groups is 1. The Hall–Kier alpha value is -3.82. The maximum absolute atomic E-state index is 12.1. The summed E-state index contributed by atoms with van der Waals surface area (Å²) in [6.07, 6.45) is 11.0. The van der Waals surface area contributed by atoms with Crippen LogP contribution in [0.4, 0.5) is 0 Å². The highest BCUT2D eigenvalue weighted by Crippen LogP contribution is 2.26. The summed E-state index contributed by atoms with van der Waals surface area (Å²) in [4.78, 5) is 25.4.